The summed E-state index contributed by atoms with van der Waals surface area (Å²) in [6, 6.07) is 14.9. The third-order valence-corrected chi connectivity index (χ3v) is 5.67. The summed E-state index contributed by atoms with van der Waals surface area (Å²) in [6.45, 7) is 2.68. The molecule has 1 aromatic carbocycles. The normalized spacial score (nSPS) is 12.6. The molecule has 0 aliphatic heterocycles. The van der Waals surface area contributed by atoms with Crippen LogP contribution in [-0.2, 0) is 11.2 Å². The fourth-order valence-corrected chi connectivity index (χ4v) is 3.64. The van der Waals surface area contributed by atoms with E-state index in [1.807, 2.05) is 18.2 Å². The van der Waals surface area contributed by atoms with Crippen LogP contribution in [0.4, 0.5) is 5.69 Å². The molecular formula is C26H25N5O2. The lowest BCUT2D eigenvalue weighted by Crippen LogP contribution is -2.31. The molecule has 1 aliphatic carbocycles. The number of benzene rings is 1. The SMILES string of the molecule is CC(=O)N(CC1CC1)c1ccc(-c2ccc(C(=O)NCCc3cccnc3)cn2)cc1C#N. The van der Waals surface area contributed by atoms with E-state index in [0.717, 1.165) is 24.0 Å². The third-order valence-electron chi connectivity index (χ3n) is 5.67. The second kappa shape index (κ2) is 10.0. The molecule has 1 aliphatic rings. The molecule has 1 fully saturated rings. The molecule has 0 radical (unpaired) electrons. The van der Waals surface area contributed by atoms with E-state index in [1.54, 1.807) is 41.6 Å². The number of nitrogens with zero attached hydrogens (tertiary/aromatic N) is 4. The largest absolute Gasteiger partial charge is 0.352 e. The maximum Gasteiger partial charge on any atom is 0.252 e. The molecule has 7 heteroatoms. The minimum Gasteiger partial charge on any atom is -0.352 e. The number of carbonyl (C=O) groups is 2. The Hall–Kier alpha value is -4.05. The van der Waals surface area contributed by atoms with Crippen LogP contribution >= 0.6 is 0 Å². The zero-order chi connectivity index (χ0) is 23.2. The number of pyridine rings is 2. The Bertz CT molecular complexity index is 1180. The standard InChI is InChI=1S/C26H25N5O2/c1-18(32)31(17-20-4-5-20)25-9-7-21(13-23(25)14-27)24-8-6-22(16-30-24)26(33)29-12-10-19-3-2-11-28-15-19/h2-3,6-9,11,13,15-16,20H,4-5,10,12,17H2,1H3,(H,29,33). The van der Waals surface area contributed by atoms with Gasteiger partial charge in [0.2, 0.25) is 5.91 Å². The van der Waals surface area contributed by atoms with Crippen LogP contribution in [0.15, 0.2) is 61.1 Å². The van der Waals surface area contributed by atoms with Crippen molar-refractivity contribution >= 4 is 17.5 Å². The fraction of sp³-hybridized carbons (Fsp3) is 0.269. The minimum atomic E-state index is -0.192. The summed E-state index contributed by atoms with van der Waals surface area (Å²) in [4.78, 5) is 34.7. The smallest absolute Gasteiger partial charge is 0.252 e. The van der Waals surface area contributed by atoms with E-state index in [9.17, 15) is 14.9 Å². The summed E-state index contributed by atoms with van der Waals surface area (Å²) >= 11 is 0. The van der Waals surface area contributed by atoms with Crippen LogP contribution in [0, 0.1) is 17.2 Å². The van der Waals surface area contributed by atoms with Gasteiger partial charge in [-0.1, -0.05) is 12.1 Å². The molecule has 0 spiro atoms. The van der Waals surface area contributed by atoms with E-state index < -0.39 is 0 Å². The van der Waals surface area contributed by atoms with Crippen LogP contribution in [0.5, 0.6) is 0 Å². The van der Waals surface area contributed by atoms with Crippen molar-refractivity contribution in [1.29, 1.82) is 5.26 Å². The Kier molecular flexibility index (Phi) is 6.75. The molecule has 3 aromatic rings. The molecule has 1 N–H and O–H groups in total. The first-order valence-electron chi connectivity index (χ1n) is 11.0. The number of nitrogens with one attached hydrogen (secondary N) is 1. The van der Waals surface area contributed by atoms with E-state index in [-0.39, 0.29) is 11.8 Å². The van der Waals surface area contributed by atoms with Gasteiger partial charge in [0.05, 0.1) is 22.5 Å². The summed E-state index contributed by atoms with van der Waals surface area (Å²) in [6.07, 6.45) is 7.98. The van der Waals surface area contributed by atoms with Crippen LogP contribution < -0.4 is 10.2 Å². The maximum atomic E-state index is 12.4. The summed E-state index contributed by atoms with van der Waals surface area (Å²) in [5, 5.41) is 12.6. The number of nitriles is 1. The molecule has 2 amide bonds. The van der Waals surface area contributed by atoms with Gasteiger partial charge in [-0.25, -0.2) is 0 Å². The minimum absolute atomic E-state index is 0.0665. The molecule has 0 bridgehead atoms. The van der Waals surface area contributed by atoms with Gasteiger partial charge >= 0.3 is 0 Å². The second-order valence-electron chi connectivity index (χ2n) is 8.22. The molecule has 0 saturated heterocycles. The van der Waals surface area contributed by atoms with Crippen molar-refractivity contribution < 1.29 is 9.59 Å². The lowest BCUT2D eigenvalue weighted by molar-refractivity contribution is -0.116. The highest BCUT2D eigenvalue weighted by Gasteiger charge is 2.27. The maximum absolute atomic E-state index is 12.4. The zero-order valence-electron chi connectivity index (χ0n) is 18.5. The first-order chi connectivity index (χ1) is 16.0. The predicted molar refractivity (Wildman–Crippen MR) is 125 cm³/mol. The van der Waals surface area contributed by atoms with Gasteiger partial charge in [-0.2, -0.15) is 5.26 Å². The van der Waals surface area contributed by atoms with E-state index in [4.69, 9.17) is 0 Å². The van der Waals surface area contributed by atoms with Crippen LogP contribution in [-0.4, -0.2) is 34.9 Å². The van der Waals surface area contributed by atoms with E-state index in [1.165, 1.54) is 13.1 Å². The van der Waals surface area contributed by atoms with Crippen molar-refractivity contribution in [3.63, 3.8) is 0 Å². The lowest BCUT2D eigenvalue weighted by Gasteiger charge is -2.22. The van der Waals surface area contributed by atoms with Gasteiger partial charge < -0.3 is 10.2 Å². The van der Waals surface area contributed by atoms with Crippen molar-refractivity contribution in [2.24, 2.45) is 5.92 Å². The number of carbonyl (C=O) groups excluding carboxylic acids is 2. The Morgan fingerprint density at radius 1 is 1.18 bits per heavy atom. The van der Waals surface area contributed by atoms with Gasteiger partial charge in [0.15, 0.2) is 0 Å². The Morgan fingerprint density at radius 2 is 2.03 bits per heavy atom. The van der Waals surface area contributed by atoms with Crippen molar-refractivity contribution in [3.05, 3.63) is 77.7 Å². The first kappa shape index (κ1) is 22.2. The number of amides is 2. The molecule has 0 atom stereocenters. The number of anilines is 1. The molecule has 33 heavy (non-hydrogen) atoms. The summed E-state index contributed by atoms with van der Waals surface area (Å²) in [7, 11) is 0. The molecule has 7 nitrogen and oxygen atoms in total. The Balaban J connectivity index is 1.44. The van der Waals surface area contributed by atoms with Crippen molar-refractivity contribution in [1.82, 2.24) is 15.3 Å². The van der Waals surface area contributed by atoms with Crippen molar-refractivity contribution in [3.8, 4) is 17.3 Å². The van der Waals surface area contributed by atoms with Crippen LogP contribution in [0.1, 0.15) is 41.3 Å². The number of hydrogen-bond donors (Lipinski definition) is 1. The molecule has 1 saturated carbocycles. The molecule has 2 aromatic heterocycles. The average molecular weight is 440 g/mol. The number of aromatic nitrogens is 2. The van der Waals surface area contributed by atoms with Gasteiger partial charge in [-0.15, -0.1) is 0 Å². The van der Waals surface area contributed by atoms with Gasteiger partial charge in [-0.3, -0.25) is 19.6 Å². The number of hydrogen-bond acceptors (Lipinski definition) is 5. The quantitative estimate of drug-likeness (QED) is 0.576. The van der Waals surface area contributed by atoms with Crippen molar-refractivity contribution in [2.45, 2.75) is 26.2 Å². The van der Waals surface area contributed by atoms with Crippen LogP contribution in [0.2, 0.25) is 0 Å². The highest BCUT2D eigenvalue weighted by atomic mass is 16.2. The summed E-state index contributed by atoms with van der Waals surface area (Å²) < 4.78 is 0. The molecule has 4 rings (SSSR count). The summed E-state index contributed by atoms with van der Waals surface area (Å²) in [5.41, 5.74) is 4.00. The fourth-order valence-electron chi connectivity index (χ4n) is 3.64. The summed E-state index contributed by atoms with van der Waals surface area (Å²) in [5.74, 6) is 0.260. The molecule has 166 valence electrons. The lowest BCUT2D eigenvalue weighted by atomic mass is 10.0. The second-order valence-corrected chi connectivity index (χ2v) is 8.22. The zero-order valence-corrected chi connectivity index (χ0v) is 18.5. The Labute approximate surface area is 193 Å². The highest BCUT2D eigenvalue weighted by molar-refractivity contribution is 5.95. The first-order valence-corrected chi connectivity index (χ1v) is 11.0. The third kappa shape index (κ3) is 5.60. The highest BCUT2D eigenvalue weighted by Crippen LogP contribution is 2.33. The van der Waals surface area contributed by atoms with Gasteiger partial charge in [-0.05, 0) is 61.1 Å². The van der Waals surface area contributed by atoms with Crippen LogP contribution in [0.3, 0.4) is 0 Å². The van der Waals surface area contributed by atoms with E-state index >= 15 is 0 Å². The van der Waals surface area contributed by atoms with Gasteiger partial charge in [0.25, 0.3) is 5.91 Å². The van der Waals surface area contributed by atoms with E-state index in [0.29, 0.717) is 47.9 Å². The monoisotopic (exact) mass is 439 g/mol. The van der Waals surface area contributed by atoms with Gasteiger partial charge in [0.1, 0.15) is 6.07 Å². The van der Waals surface area contributed by atoms with Gasteiger partial charge in [0, 0.05) is 44.2 Å². The average Bonchev–Trinajstić information content (AvgIpc) is 3.67. The molecular weight excluding hydrogens is 414 g/mol. The molecule has 2 heterocycles. The predicted octanol–water partition coefficient (Wildman–Crippen LogP) is 3.75. The Morgan fingerprint density at radius 3 is 2.67 bits per heavy atom. The van der Waals surface area contributed by atoms with Crippen molar-refractivity contribution in [2.75, 3.05) is 18.0 Å². The molecule has 0 unspecified atom stereocenters. The van der Waals surface area contributed by atoms with Crippen LogP contribution in [0.25, 0.3) is 11.3 Å². The van der Waals surface area contributed by atoms with E-state index in [2.05, 4.69) is 21.4 Å². The number of rotatable bonds is 8. The topological polar surface area (TPSA) is 99.0 Å².